The fourth-order valence-electron chi connectivity index (χ4n) is 14.9. The molecule has 12 heterocycles. The second-order valence-electron chi connectivity index (χ2n) is 28.2. The molecule has 128 heavy (non-hydrogen) atoms. The van der Waals surface area contributed by atoms with Crippen molar-refractivity contribution in [3.8, 4) is 23.0 Å². The Morgan fingerprint density at radius 3 is 0.695 bits per heavy atom. The van der Waals surface area contributed by atoms with Crippen molar-refractivity contribution in [2.24, 2.45) is 0 Å². The largest absolute Gasteiger partial charge is 0.503 e. The number of para-hydroxylation sites is 4. The Bertz CT molecular complexity index is 6170. The Hall–Kier alpha value is -16.2. The van der Waals surface area contributed by atoms with Crippen molar-refractivity contribution in [3.05, 3.63) is 355 Å². The molecule has 0 fully saturated rings. The molecule has 0 bridgehead atoms. The van der Waals surface area contributed by atoms with E-state index in [0.717, 1.165) is 28.5 Å². The fourth-order valence-corrected chi connectivity index (χ4v) is 17.6. The fraction of sp³-hybridized carbons (Fsp3) is 0.0957. The van der Waals surface area contributed by atoms with Crippen LogP contribution in [0.5, 0.6) is 23.0 Å². The molecule has 0 aliphatic carbocycles. The monoisotopic (exact) mass is 1790 g/mol. The maximum atomic E-state index is 13.5. The van der Waals surface area contributed by atoms with Crippen molar-refractivity contribution in [2.75, 3.05) is 48.0 Å². The summed E-state index contributed by atoms with van der Waals surface area (Å²) >= 11 is 4.95. The number of anilines is 4. The second kappa shape index (κ2) is 36.7. The molecular weight excluding hydrogens is 1720 g/mol. The first kappa shape index (κ1) is 85.4. The minimum Gasteiger partial charge on any atom is -0.503 e. The van der Waals surface area contributed by atoms with Gasteiger partial charge in [0.25, 0.3) is 29.6 Å². The first-order valence-electron chi connectivity index (χ1n) is 38.6. The summed E-state index contributed by atoms with van der Waals surface area (Å²) < 4.78 is 44.1. The number of fused-ring (bicyclic) bond motifs is 4. The number of thiazole rings is 4. The molecule has 4 aliphatic rings. The van der Waals surface area contributed by atoms with Crippen LogP contribution in [-0.4, -0.2) is 127 Å². The van der Waals surface area contributed by atoms with Gasteiger partial charge in [0, 0.05) is 74.8 Å². The average molecular weight is 1790 g/mol. The van der Waals surface area contributed by atoms with E-state index in [0.29, 0.717) is 88.1 Å². The number of aliphatic carboxylic acids is 1. The van der Waals surface area contributed by atoms with Crippen LogP contribution in [0, 0.1) is 0 Å². The van der Waals surface area contributed by atoms with Crippen LogP contribution in [0.1, 0.15) is 95.6 Å². The van der Waals surface area contributed by atoms with Crippen LogP contribution in [0.25, 0.3) is 43.9 Å². The van der Waals surface area contributed by atoms with Gasteiger partial charge in [0.2, 0.25) is 23.1 Å². The SMILES string of the molecule is CC(=O)O.COc1cccc(C2C(C(=O)c3cc4ccccc4o3)=C(O)C(=O)N2c2nccs2)c1.COc1cccc(C2C(C(=O)c3cc4ccccc4o3)=C(O)C(=O)N2c2nccs2)c1.COc1cccc(C2C(C(=O)c3cc4ccccc4o3)=C(O)C(=O)N2c2nccs2)c1.COc1cccc(C2C(C(=O)c3cc4ccccc4o3)=C(O)C(=O)N2c2nccs2)c1. The van der Waals surface area contributed by atoms with Gasteiger partial charge in [-0.2, -0.15) is 0 Å². The summed E-state index contributed by atoms with van der Waals surface area (Å²) in [6, 6.07) is 59.9. The lowest BCUT2D eigenvalue weighted by Crippen LogP contribution is -2.30. The van der Waals surface area contributed by atoms with Crippen molar-refractivity contribution < 1.29 is 105 Å². The van der Waals surface area contributed by atoms with Gasteiger partial charge in [0.15, 0.2) is 66.6 Å². The van der Waals surface area contributed by atoms with Crippen molar-refractivity contribution in [1.82, 2.24) is 19.9 Å². The average Bonchev–Trinajstić information content (AvgIpc) is 1.61. The number of aliphatic hydroxyl groups is 4. The standard InChI is InChI=1S/4C23H16N2O5S.C2H4O2/c4*1-29-15-7-4-6-14(11-15)19-18(21(27)22(28)25(19)23-24-9-10-31-23)20(26)17-12-13-5-2-3-8-16(13)30-17;1-2(3)4/h4*2-12,19,27H,1H3;1H3,(H,3,4). The molecular formula is C94H68N8O22S4. The van der Waals surface area contributed by atoms with Crippen LogP contribution in [0.4, 0.5) is 20.5 Å². The molecule has 4 atom stereocenters. The highest BCUT2D eigenvalue weighted by Gasteiger charge is 2.51. The van der Waals surface area contributed by atoms with Gasteiger partial charge in [-0.05, 0) is 119 Å². The van der Waals surface area contributed by atoms with E-state index in [4.69, 9.17) is 46.5 Å². The van der Waals surface area contributed by atoms with Gasteiger partial charge in [0.1, 0.15) is 45.3 Å². The number of benzene rings is 8. The number of carbonyl (C=O) groups excluding carboxylic acids is 8. The molecule has 34 heteroatoms. The molecule has 16 aromatic rings. The number of rotatable bonds is 20. The van der Waals surface area contributed by atoms with E-state index in [-0.39, 0.29) is 45.3 Å². The molecule has 5 N–H and O–H groups in total. The smallest absolute Gasteiger partial charge is 0.300 e. The van der Waals surface area contributed by atoms with Gasteiger partial charge in [-0.15, -0.1) is 45.3 Å². The molecule has 4 amide bonds. The number of hydrogen-bond acceptors (Lipinski definition) is 29. The zero-order chi connectivity index (χ0) is 89.7. The third kappa shape index (κ3) is 16.6. The summed E-state index contributed by atoms with van der Waals surface area (Å²) in [5, 5.41) is 61.9. The van der Waals surface area contributed by atoms with Crippen molar-refractivity contribution in [3.63, 3.8) is 0 Å². The third-order valence-electron chi connectivity index (χ3n) is 20.5. The number of carbonyl (C=O) groups is 9. The highest BCUT2D eigenvalue weighted by Crippen LogP contribution is 2.49. The number of Topliss-reactive ketones (excluding diaryl/α,β-unsaturated/α-hetero) is 4. The van der Waals surface area contributed by atoms with E-state index in [1.54, 1.807) is 216 Å². The van der Waals surface area contributed by atoms with Gasteiger partial charge in [-0.1, -0.05) is 121 Å². The number of hydrogen-bond donors (Lipinski definition) is 5. The van der Waals surface area contributed by atoms with Crippen LogP contribution in [0.3, 0.4) is 0 Å². The minimum atomic E-state index is -0.880. The van der Waals surface area contributed by atoms with E-state index < -0.39 is 99.9 Å². The first-order valence-corrected chi connectivity index (χ1v) is 42.1. The normalized spacial score (nSPS) is 16.0. The summed E-state index contributed by atoms with van der Waals surface area (Å²) in [7, 11) is 6.13. The summed E-state index contributed by atoms with van der Waals surface area (Å²) in [5.74, 6) is -5.89. The zero-order valence-electron chi connectivity index (χ0n) is 67.6. The summed E-state index contributed by atoms with van der Waals surface area (Å²) in [5.41, 5.74) is 4.35. The minimum absolute atomic E-state index is 0.0458. The Balaban J connectivity index is 0.000000123. The number of carboxylic acid groups (broad SMARTS) is 1. The number of aliphatic hydroxyl groups excluding tert-OH is 4. The van der Waals surface area contributed by atoms with E-state index in [1.807, 2.05) is 48.5 Å². The zero-order valence-corrected chi connectivity index (χ0v) is 70.9. The van der Waals surface area contributed by atoms with Crippen molar-refractivity contribution in [2.45, 2.75) is 31.1 Å². The molecule has 640 valence electrons. The lowest BCUT2D eigenvalue weighted by atomic mass is 9.95. The molecule has 4 aliphatic heterocycles. The lowest BCUT2D eigenvalue weighted by molar-refractivity contribution is -0.134. The maximum Gasteiger partial charge on any atom is 0.300 e. The summed E-state index contributed by atoms with van der Waals surface area (Å²) in [6.07, 6.45) is 6.25. The number of aromatic nitrogens is 4. The summed E-state index contributed by atoms with van der Waals surface area (Å²) in [6.45, 7) is 1.08. The van der Waals surface area contributed by atoms with Crippen LogP contribution < -0.4 is 38.5 Å². The van der Waals surface area contributed by atoms with Gasteiger partial charge in [0.05, 0.1) is 74.9 Å². The second-order valence-corrected chi connectivity index (χ2v) is 31.6. The Labute approximate surface area is 740 Å². The predicted molar refractivity (Wildman–Crippen MR) is 475 cm³/mol. The van der Waals surface area contributed by atoms with E-state index in [1.165, 1.54) is 93.4 Å². The maximum absolute atomic E-state index is 13.5. The number of furan rings is 4. The Kier molecular flexibility index (Phi) is 24.5. The Morgan fingerprint density at radius 1 is 0.312 bits per heavy atom. The molecule has 8 aromatic heterocycles. The quantitative estimate of drug-likeness (QED) is 0.0442. The number of amides is 4. The van der Waals surface area contributed by atoms with Crippen LogP contribution >= 0.6 is 45.3 Å². The molecule has 0 radical (unpaired) electrons. The lowest BCUT2D eigenvalue weighted by Gasteiger charge is -2.24. The van der Waals surface area contributed by atoms with E-state index >= 15 is 0 Å². The molecule has 4 unspecified atom stereocenters. The Morgan fingerprint density at radius 2 is 0.516 bits per heavy atom. The van der Waals surface area contributed by atoms with Crippen molar-refractivity contribution in [1.29, 1.82) is 0 Å². The molecule has 0 spiro atoms. The molecule has 20 rings (SSSR count). The highest BCUT2D eigenvalue weighted by molar-refractivity contribution is 7.14. The van der Waals surface area contributed by atoms with Crippen LogP contribution in [0.15, 0.2) is 328 Å². The van der Waals surface area contributed by atoms with Gasteiger partial charge >= 0.3 is 0 Å². The molecule has 0 saturated carbocycles. The number of carboxylic acids is 1. The van der Waals surface area contributed by atoms with Crippen molar-refractivity contribution >= 4 is 162 Å². The van der Waals surface area contributed by atoms with Gasteiger partial charge in [-0.3, -0.25) is 62.8 Å². The van der Waals surface area contributed by atoms with Crippen LogP contribution in [0.2, 0.25) is 0 Å². The topological polar surface area (TPSA) is 409 Å². The molecule has 0 saturated heterocycles. The number of ketones is 4. The number of nitrogens with zero attached hydrogens (tertiary/aromatic N) is 8. The van der Waals surface area contributed by atoms with Crippen LogP contribution in [-0.2, 0) is 24.0 Å². The predicted octanol–water partition coefficient (Wildman–Crippen LogP) is 18.8. The third-order valence-corrected chi connectivity index (χ3v) is 23.6. The van der Waals surface area contributed by atoms with E-state index in [9.17, 15) is 58.8 Å². The van der Waals surface area contributed by atoms with Gasteiger partial charge in [-0.25, -0.2) is 19.9 Å². The highest BCUT2D eigenvalue weighted by atomic mass is 32.1. The number of methoxy groups -OCH3 is 4. The van der Waals surface area contributed by atoms with Gasteiger partial charge < -0.3 is 62.1 Å². The molecule has 8 aromatic carbocycles. The molecule has 30 nitrogen and oxygen atoms in total. The first-order chi connectivity index (χ1) is 62.1. The van der Waals surface area contributed by atoms with E-state index in [2.05, 4.69) is 19.9 Å². The summed E-state index contributed by atoms with van der Waals surface area (Å²) in [4.78, 5) is 137. The number of ether oxygens (including phenoxy) is 4.